The molecule has 2 atom stereocenters. The average molecular weight is 312 g/mol. The van der Waals surface area contributed by atoms with Crippen molar-refractivity contribution in [2.75, 3.05) is 6.54 Å². The van der Waals surface area contributed by atoms with Crippen molar-refractivity contribution in [2.45, 2.75) is 46.6 Å². The third kappa shape index (κ3) is 5.11. The Morgan fingerprint density at radius 2 is 1.94 bits per heavy atom. The molecule has 0 aromatic heterocycles. The molecule has 2 heteroatoms. The van der Waals surface area contributed by atoms with Crippen molar-refractivity contribution in [1.29, 1.82) is 0 Å². The zero-order valence-corrected chi connectivity index (χ0v) is 13.6. The molecule has 0 spiro atoms. The van der Waals surface area contributed by atoms with Gasteiger partial charge in [-0.2, -0.15) is 0 Å². The van der Waals surface area contributed by atoms with Crippen molar-refractivity contribution >= 4 is 15.9 Å². The molecule has 1 aromatic rings. The summed E-state index contributed by atoms with van der Waals surface area (Å²) in [7, 11) is 0. The van der Waals surface area contributed by atoms with Crippen LogP contribution in [0, 0.1) is 11.8 Å². The molecule has 18 heavy (non-hydrogen) atoms. The second kappa shape index (κ2) is 7.96. The van der Waals surface area contributed by atoms with E-state index < -0.39 is 0 Å². The van der Waals surface area contributed by atoms with E-state index in [1.54, 1.807) is 0 Å². The fourth-order valence-corrected chi connectivity index (χ4v) is 2.60. The van der Waals surface area contributed by atoms with Gasteiger partial charge in [-0.05, 0) is 48.9 Å². The van der Waals surface area contributed by atoms with Crippen LogP contribution in [-0.4, -0.2) is 12.6 Å². The topological polar surface area (TPSA) is 12.0 Å². The molecule has 1 nitrogen and oxygen atoms in total. The van der Waals surface area contributed by atoms with Gasteiger partial charge in [-0.25, -0.2) is 0 Å². The summed E-state index contributed by atoms with van der Waals surface area (Å²) in [4.78, 5) is 0. The van der Waals surface area contributed by atoms with Crippen LogP contribution in [-0.2, 0) is 6.42 Å². The van der Waals surface area contributed by atoms with Crippen molar-refractivity contribution in [3.05, 3.63) is 34.3 Å². The van der Waals surface area contributed by atoms with Crippen molar-refractivity contribution in [3.63, 3.8) is 0 Å². The third-order valence-electron chi connectivity index (χ3n) is 3.69. The molecule has 1 aromatic carbocycles. The molecule has 0 heterocycles. The minimum absolute atomic E-state index is 0.569. The predicted molar refractivity (Wildman–Crippen MR) is 83.9 cm³/mol. The molecule has 102 valence electrons. The number of halogens is 1. The van der Waals surface area contributed by atoms with E-state index in [1.165, 1.54) is 16.5 Å². The van der Waals surface area contributed by atoms with E-state index in [9.17, 15) is 0 Å². The Kier molecular flexibility index (Phi) is 6.95. The zero-order chi connectivity index (χ0) is 13.5. The van der Waals surface area contributed by atoms with Gasteiger partial charge < -0.3 is 5.32 Å². The minimum Gasteiger partial charge on any atom is -0.313 e. The van der Waals surface area contributed by atoms with Crippen LogP contribution in [0.25, 0.3) is 0 Å². The van der Waals surface area contributed by atoms with E-state index in [2.05, 4.69) is 73.2 Å². The number of rotatable bonds is 7. The van der Waals surface area contributed by atoms with Gasteiger partial charge >= 0.3 is 0 Å². The summed E-state index contributed by atoms with van der Waals surface area (Å²) in [5.41, 5.74) is 1.41. The molecule has 1 rings (SSSR count). The summed E-state index contributed by atoms with van der Waals surface area (Å²) in [6.45, 7) is 10.3. The van der Waals surface area contributed by atoms with Crippen molar-refractivity contribution in [3.8, 4) is 0 Å². The molecular weight excluding hydrogens is 286 g/mol. The zero-order valence-electron chi connectivity index (χ0n) is 12.0. The molecule has 0 radical (unpaired) electrons. The Morgan fingerprint density at radius 3 is 2.50 bits per heavy atom. The monoisotopic (exact) mass is 311 g/mol. The first-order valence-corrected chi connectivity index (χ1v) is 7.81. The van der Waals surface area contributed by atoms with Crippen LogP contribution in [0.5, 0.6) is 0 Å². The summed E-state index contributed by atoms with van der Waals surface area (Å²) in [5, 5.41) is 3.70. The second-order valence-corrected chi connectivity index (χ2v) is 6.41. The molecular formula is C16H26BrN. The van der Waals surface area contributed by atoms with Gasteiger partial charge in [0.1, 0.15) is 0 Å². The Morgan fingerprint density at radius 1 is 1.22 bits per heavy atom. The van der Waals surface area contributed by atoms with E-state index in [4.69, 9.17) is 0 Å². The van der Waals surface area contributed by atoms with Crippen LogP contribution in [0.3, 0.4) is 0 Å². The van der Waals surface area contributed by atoms with Gasteiger partial charge in [0, 0.05) is 10.5 Å². The van der Waals surface area contributed by atoms with E-state index in [0.29, 0.717) is 17.9 Å². The lowest BCUT2D eigenvalue weighted by atomic mass is 9.86. The number of hydrogen-bond donors (Lipinski definition) is 1. The smallest absolute Gasteiger partial charge is 0.0178 e. The lowest BCUT2D eigenvalue weighted by Crippen LogP contribution is -2.39. The molecule has 0 aliphatic carbocycles. The Hall–Kier alpha value is -0.340. The molecule has 0 bridgehead atoms. The highest BCUT2D eigenvalue weighted by molar-refractivity contribution is 9.10. The molecule has 1 N–H and O–H groups in total. The largest absolute Gasteiger partial charge is 0.313 e. The Bertz CT molecular complexity index is 349. The highest BCUT2D eigenvalue weighted by atomic mass is 79.9. The summed E-state index contributed by atoms with van der Waals surface area (Å²) < 4.78 is 1.17. The molecule has 0 aliphatic heterocycles. The predicted octanol–water partition coefficient (Wildman–Crippen LogP) is 4.65. The molecule has 0 aliphatic rings. The van der Waals surface area contributed by atoms with Gasteiger partial charge in [-0.15, -0.1) is 0 Å². The first-order valence-electron chi connectivity index (χ1n) is 7.02. The second-order valence-electron chi connectivity index (χ2n) is 5.50. The normalized spacial score (nSPS) is 14.8. The van der Waals surface area contributed by atoms with Crippen LogP contribution < -0.4 is 5.32 Å². The number of benzene rings is 1. The van der Waals surface area contributed by atoms with E-state index >= 15 is 0 Å². The van der Waals surface area contributed by atoms with Gasteiger partial charge in [0.2, 0.25) is 0 Å². The van der Waals surface area contributed by atoms with Crippen molar-refractivity contribution < 1.29 is 0 Å². The van der Waals surface area contributed by atoms with Crippen molar-refractivity contribution in [2.24, 2.45) is 11.8 Å². The standard InChI is InChI=1S/C16H26BrN/c1-5-9-18-16(13(4)12(2)3)11-14-7-6-8-15(17)10-14/h6-8,10,12-13,16,18H,5,9,11H2,1-4H3. The Balaban J connectivity index is 2.71. The van der Waals surface area contributed by atoms with E-state index in [-0.39, 0.29) is 0 Å². The van der Waals surface area contributed by atoms with E-state index in [1.807, 2.05) is 0 Å². The van der Waals surface area contributed by atoms with E-state index in [0.717, 1.165) is 13.0 Å². The van der Waals surface area contributed by atoms with Gasteiger partial charge in [0.25, 0.3) is 0 Å². The van der Waals surface area contributed by atoms with Crippen LogP contribution in [0.1, 0.15) is 39.7 Å². The fraction of sp³-hybridized carbons (Fsp3) is 0.625. The van der Waals surface area contributed by atoms with Gasteiger partial charge in [-0.3, -0.25) is 0 Å². The maximum atomic E-state index is 3.70. The minimum atomic E-state index is 0.569. The van der Waals surface area contributed by atoms with Gasteiger partial charge in [0.15, 0.2) is 0 Å². The lowest BCUT2D eigenvalue weighted by Gasteiger charge is -2.28. The van der Waals surface area contributed by atoms with Crippen LogP contribution in [0.15, 0.2) is 28.7 Å². The SMILES string of the molecule is CCCNC(Cc1cccc(Br)c1)C(C)C(C)C. The summed E-state index contributed by atoms with van der Waals surface area (Å²) in [5.74, 6) is 1.40. The average Bonchev–Trinajstić information content (AvgIpc) is 2.33. The van der Waals surface area contributed by atoms with Crippen molar-refractivity contribution in [1.82, 2.24) is 5.32 Å². The summed E-state index contributed by atoms with van der Waals surface area (Å²) in [6.07, 6.45) is 2.30. The molecule has 0 saturated carbocycles. The molecule has 0 amide bonds. The molecule has 0 fully saturated rings. The first-order chi connectivity index (χ1) is 8.54. The third-order valence-corrected chi connectivity index (χ3v) is 4.18. The highest BCUT2D eigenvalue weighted by Gasteiger charge is 2.19. The summed E-state index contributed by atoms with van der Waals surface area (Å²) >= 11 is 3.55. The van der Waals surface area contributed by atoms with Gasteiger partial charge in [-0.1, -0.05) is 55.8 Å². The molecule has 0 saturated heterocycles. The highest BCUT2D eigenvalue weighted by Crippen LogP contribution is 2.20. The quantitative estimate of drug-likeness (QED) is 0.772. The summed E-state index contributed by atoms with van der Waals surface area (Å²) in [6, 6.07) is 9.23. The van der Waals surface area contributed by atoms with Crippen LogP contribution >= 0.6 is 15.9 Å². The number of hydrogen-bond acceptors (Lipinski definition) is 1. The van der Waals surface area contributed by atoms with Gasteiger partial charge in [0.05, 0.1) is 0 Å². The first kappa shape index (κ1) is 15.7. The number of nitrogens with one attached hydrogen (secondary N) is 1. The maximum Gasteiger partial charge on any atom is 0.0178 e. The van der Waals surface area contributed by atoms with Crippen LogP contribution in [0.2, 0.25) is 0 Å². The lowest BCUT2D eigenvalue weighted by molar-refractivity contribution is 0.297. The molecule has 2 unspecified atom stereocenters. The Labute approximate surface area is 120 Å². The maximum absolute atomic E-state index is 3.70. The fourth-order valence-electron chi connectivity index (χ4n) is 2.16. The van der Waals surface area contributed by atoms with Crippen LogP contribution in [0.4, 0.5) is 0 Å².